The fourth-order valence-corrected chi connectivity index (χ4v) is 4.76. The number of nitrogens with zero attached hydrogens (tertiary/aromatic N) is 5. The van der Waals surface area contributed by atoms with Crippen molar-refractivity contribution in [2.45, 2.75) is 58.2 Å². The number of nitrogens with two attached hydrogens (primary N) is 1. The van der Waals surface area contributed by atoms with Crippen LogP contribution in [0.15, 0.2) is 24.3 Å². The molecule has 39 heavy (non-hydrogen) atoms. The van der Waals surface area contributed by atoms with Crippen LogP contribution in [0.1, 0.15) is 51.0 Å². The first-order valence-electron chi connectivity index (χ1n) is 13.2. The second-order valence-corrected chi connectivity index (χ2v) is 11.1. The highest BCUT2D eigenvalue weighted by Gasteiger charge is 2.33. The first-order valence-corrected chi connectivity index (χ1v) is 13.2. The summed E-state index contributed by atoms with van der Waals surface area (Å²) in [6.45, 7) is 9.90. The molecule has 2 fully saturated rings. The molecule has 0 unspecified atom stereocenters. The van der Waals surface area contributed by atoms with E-state index in [2.05, 4.69) is 20.2 Å². The molecular weight excluding hydrogens is 505 g/mol. The molecule has 3 heterocycles. The Morgan fingerprint density at radius 3 is 2.56 bits per heavy atom. The van der Waals surface area contributed by atoms with Gasteiger partial charge in [0.05, 0.1) is 5.69 Å². The van der Waals surface area contributed by atoms with Crippen LogP contribution in [0.2, 0.25) is 0 Å². The van der Waals surface area contributed by atoms with Gasteiger partial charge in [-0.3, -0.25) is 4.79 Å². The highest BCUT2D eigenvalue weighted by atomic mass is 19.1. The molecule has 0 aliphatic carbocycles. The third kappa shape index (κ3) is 6.86. The Morgan fingerprint density at radius 1 is 1.18 bits per heavy atom. The summed E-state index contributed by atoms with van der Waals surface area (Å²) in [6, 6.07) is 5.89. The van der Waals surface area contributed by atoms with Gasteiger partial charge in [-0.2, -0.15) is 9.97 Å². The predicted octanol–water partition coefficient (Wildman–Crippen LogP) is 3.37. The van der Waals surface area contributed by atoms with E-state index in [4.69, 9.17) is 15.2 Å². The van der Waals surface area contributed by atoms with E-state index in [1.54, 1.807) is 11.0 Å². The van der Waals surface area contributed by atoms with E-state index in [0.29, 0.717) is 32.1 Å². The molecule has 1 aromatic heterocycles. The van der Waals surface area contributed by atoms with Crippen molar-refractivity contribution < 1.29 is 23.5 Å². The Hall–Kier alpha value is -3.67. The van der Waals surface area contributed by atoms with Crippen molar-refractivity contribution in [1.29, 1.82) is 0 Å². The van der Waals surface area contributed by atoms with Crippen LogP contribution in [-0.2, 0) is 4.74 Å². The van der Waals surface area contributed by atoms with Gasteiger partial charge in [0, 0.05) is 31.7 Å². The molecule has 4 rings (SSSR count). The van der Waals surface area contributed by atoms with Gasteiger partial charge in [-0.15, -0.1) is 0 Å². The monoisotopic (exact) mass is 543 g/mol. The lowest BCUT2D eigenvalue weighted by Crippen LogP contribution is -2.55. The van der Waals surface area contributed by atoms with Gasteiger partial charge in [0.25, 0.3) is 5.91 Å². The van der Waals surface area contributed by atoms with Gasteiger partial charge in [-0.1, -0.05) is 12.1 Å². The number of hydrogen-bond acceptors (Lipinski definition) is 9. The summed E-state index contributed by atoms with van der Waals surface area (Å²) in [4.78, 5) is 40.6. The van der Waals surface area contributed by atoms with E-state index >= 15 is 0 Å². The third-order valence-electron chi connectivity index (χ3n) is 6.87. The summed E-state index contributed by atoms with van der Waals surface area (Å²) in [5.74, 6) is -0.926. The second kappa shape index (κ2) is 11.6. The summed E-state index contributed by atoms with van der Waals surface area (Å²) in [5.41, 5.74) is 5.81. The van der Waals surface area contributed by atoms with Gasteiger partial charge in [-0.25, -0.2) is 9.18 Å². The molecule has 0 bridgehead atoms. The lowest BCUT2D eigenvalue weighted by Gasteiger charge is -2.41. The maximum absolute atomic E-state index is 14.2. The van der Waals surface area contributed by atoms with Crippen LogP contribution >= 0.6 is 0 Å². The van der Waals surface area contributed by atoms with E-state index in [9.17, 15) is 14.0 Å². The quantitative estimate of drug-likeness (QED) is 0.564. The molecule has 2 saturated heterocycles. The van der Waals surface area contributed by atoms with Crippen LogP contribution in [0.3, 0.4) is 0 Å². The number of piperazine rings is 1. The van der Waals surface area contributed by atoms with Gasteiger partial charge in [0.1, 0.15) is 23.7 Å². The molecule has 2 atom stereocenters. The molecule has 3 N–H and O–H groups in total. The van der Waals surface area contributed by atoms with E-state index in [1.807, 2.05) is 39.6 Å². The predicted molar refractivity (Wildman–Crippen MR) is 147 cm³/mol. The Balaban J connectivity index is 1.60. The van der Waals surface area contributed by atoms with Crippen LogP contribution in [-0.4, -0.2) is 89.3 Å². The number of likely N-dealkylation sites (N-methyl/N-ethyl adjacent to an activating group) is 1. The van der Waals surface area contributed by atoms with Gasteiger partial charge in [-0.05, 0) is 66.3 Å². The number of anilines is 3. The normalized spacial score (nSPS) is 20.2. The number of para-hydroxylation sites is 1. The molecule has 0 spiro atoms. The van der Waals surface area contributed by atoms with Crippen molar-refractivity contribution in [1.82, 2.24) is 19.8 Å². The van der Waals surface area contributed by atoms with Crippen molar-refractivity contribution in [2.75, 3.05) is 55.8 Å². The zero-order valence-electron chi connectivity index (χ0n) is 23.2. The number of ether oxygens (including phenoxy) is 2. The number of carbonyl (C=O) groups excluding carboxylic acids is 2. The minimum atomic E-state index is -0.677. The average Bonchev–Trinajstić information content (AvgIpc) is 3.28. The van der Waals surface area contributed by atoms with Crippen LogP contribution in [0.4, 0.5) is 26.4 Å². The second-order valence-electron chi connectivity index (χ2n) is 11.1. The Morgan fingerprint density at radius 2 is 1.92 bits per heavy atom. The van der Waals surface area contributed by atoms with E-state index < -0.39 is 17.3 Å². The van der Waals surface area contributed by atoms with Crippen molar-refractivity contribution in [2.24, 2.45) is 0 Å². The van der Waals surface area contributed by atoms with Crippen molar-refractivity contribution >= 4 is 29.2 Å². The van der Waals surface area contributed by atoms with E-state index in [0.717, 1.165) is 19.4 Å². The number of aromatic nitrogens is 2. The fourth-order valence-electron chi connectivity index (χ4n) is 4.76. The number of carbonyl (C=O) groups is 2. The number of nitrogen functional groups attached to an aromatic ring is 1. The zero-order valence-corrected chi connectivity index (χ0v) is 23.2. The van der Waals surface area contributed by atoms with Crippen LogP contribution < -0.4 is 20.7 Å². The summed E-state index contributed by atoms with van der Waals surface area (Å²) >= 11 is 0. The van der Waals surface area contributed by atoms with Gasteiger partial charge >= 0.3 is 12.1 Å². The molecule has 212 valence electrons. The van der Waals surface area contributed by atoms with Crippen molar-refractivity contribution in [3.8, 4) is 6.01 Å². The standard InChI is InChI=1S/C27H38FN7O4/c1-17-15-34(26(37)39-27(2,3)4)13-14-35(17)23-21(29)22(24(36)30-20-11-7-6-10-19(20)28)31-25(32-23)38-16-18-9-8-12-33(18)5/h6-7,10-11,17-18H,8-9,12-16,29H2,1-5H3,(H,30,36)/t17-,18-/m0/s1. The molecule has 2 amide bonds. The molecule has 0 radical (unpaired) electrons. The van der Waals surface area contributed by atoms with E-state index in [1.165, 1.54) is 18.2 Å². The topological polar surface area (TPSA) is 126 Å². The number of nitrogens with one attached hydrogen (secondary N) is 1. The third-order valence-corrected chi connectivity index (χ3v) is 6.87. The SMILES string of the molecule is C[C@H]1CN(C(=O)OC(C)(C)C)CCN1c1nc(OC[C@@H]2CCCN2C)nc(C(=O)Nc2ccccc2F)c1N. The Bertz CT molecular complexity index is 1210. The number of halogens is 1. The summed E-state index contributed by atoms with van der Waals surface area (Å²) in [7, 11) is 2.04. The summed E-state index contributed by atoms with van der Waals surface area (Å²) < 4.78 is 25.7. The minimum absolute atomic E-state index is 0.0106. The molecule has 2 aromatic rings. The molecule has 2 aliphatic rings. The lowest BCUT2D eigenvalue weighted by molar-refractivity contribution is 0.0218. The average molecular weight is 544 g/mol. The van der Waals surface area contributed by atoms with Gasteiger partial charge in [0.2, 0.25) is 0 Å². The van der Waals surface area contributed by atoms with Crippen LogP contribution in [0.25, 0.3) is 0 Å². The fraction of sp³-hybridized carbons (Fsp3) is 0.556. The van der Waals surface area contributed by atoms with Gasteiger partial charge in [0.15, 0.2) is 11.5 Å². The maximum Gasteiger partial charge on any atom is 0.410 e. The Kier molecular flexibility index (Phi) is 8.43. The smallest absolute Gasteiger partial charge is 0.410 e. The van der Waals surface area contributed by atoms with Crippen molar-refractivity contribution in [3.05, 3.63) is 35.8 Å². The molecule has 2 aliphatic heterocycles. The summed E-state index contributed by atoms with van der Waals surface area (Å²) in [5, 5.41) is 2.55. The molecule has 12 heteroatoms. The molecular formula is C27H38FN7O4. The molecule has 1 aromatic carbocycles. The number of hydrogen-bond donors (Lipinski definition) is 2. The molecule has 0 saturated carbocycles. The molecule has 11 nitrogen and oxygen atoms in total. The summed E-state index contributed by atoms with van der Waals surface area (Å²) in [6.07, 6.45) is 1.68. The highest BCUT2D eigenvalue weighted by Crippen LogP contribution is 2.31. The first kappa shape index (κ1) is 28.3. The Labute approximate surface area is 228 Å². The zero-order chi connectivity index (χ0) is 28.3. The number of rotatable bonds is 6. The largest absolute Gasteiger partial charge is 0.462 e. The van der Waals surface area contributed by atoms with Gasteiger partial charge < -0.3 is 35.2 Å². The lowest BCUT2D eigenvalue weighted by atomic mass is 10.1. The van der Waals surface area contributed by atoms with Crippen LogP contribution in [0.5, 0.6) is 6.01 Å². The number of benzene rings is 1. The van der Waals surface area contributed by atoms with E-state index in [-0.39, 0.29) is 41.3 Å². The van der Waals surface area contributed by atoms with Crippen molar-refractivity contribution in [3.63, 3.8) is 0 Å². The van der Waals surface area contributed by atoms with Crippen LogP contribution in [0, 0.1) is 5.82 Å². The maximum atomic E-state index is 14.2. The number of likely N-dealkylation sites (tertiary alicyclic amines) is 1. The number of amides is 2. The highest BCUT2D eigenvalue weighted by molar-refractivity contribution is 6.07. The first-order chi connectivity index (χ1) is 18.4. The minimum Gasteiger partial charge on any atom is -0.462 e.